The molecule has 2 atom stereocenters. The number of nitrogens with one attached hydrogen (secondary N) is 1. The minimum atomic E-state index is -0.708. The zero-order chi connectivity index (χ0) is 28.9. The van der Waals surface area contributed by atoms with E-state index in [-0.39, 0.29) is 12.0 Å². The highest BCUT2D eigenvalue weighted by molar-refractivity contribution is 7.98. The third-order valence-electron chi connectivity index (χ3n) is 6.90. The zero-order valence-electron chi connectivity index (χ0n) is 24.2. The Kier molecular flexibility index (Phi) is 12.6. The van der Waals surface area contributed by atoms with Crippen LogP contribution >= 0.6 is 11.8 Å². The number of aryl methyl sites for hydroxylation is 1. The van der Waals surface area contributed by atoms with Crippen molar-refractivity contribution in [1.82, 2.24) is 5.32 Å². The standard InChI is InChI=1S/C33H41NO5S/c1-6-7-15-31(25-12-10-13-26(21-25)37-3)39-22-24-16-17-28(29(20-24)27-14-9-8-11-23(27)2)32(35)34-30(18-19-40-5)33(36)38-4/h8-14,16-17,20-21,30-31H,6-7,15,18-19,22H2,1-5H3,(H,34,35)/t30-,31?/m0/s1. The molecule has 0 heterocycles. The van der Waals surface area contributed by atoms with Gasteiger partial charge in [-0.3, -0.25) is 4.79 Å². The Balaban J connectivity index is 1.91. The number of ether oxygens (including phenoxy) is 3. The number of thioether (sulfide) groups is 1. The van der Waals surface area contributed by atoms with Gasteiger partial charge in [0.25, 0.3) is 5.91 Å². The molecule has 0 saturated heterocycles. The number of carbonyl (C=O) groups is 2. The number of unbranched alkanes of at least 4 members (excludes halogenated alkanes) is 1. The van der Waals surface area contributed by atoms with Gasteiger partial charge >= 0.3 is 5.97 Å². The van der Waals surface area contributed by atoms with Gasteiger partial charge in [0.1, 0.15) is 11.8 Å². The molecule has 1 amide bonds. The van der Waals surface area contributed by atoms with Crippen LogP contribution < -0.4 is 10.1 Å². The highest BCUT2D eigenvalue weighted by atomic mass is 32.2. The molecule has 0 aromatic heterocycles. The van der Waals surface area contributed by atoms with Crippen LogP contribution in [-0.2, 0) is 20.9 Å². The van der Waals surface area contributed by atoms with E-state index >= 15 is 0 Å². The first-order valence-electron chi connectivity index (χ1n) is 13.7. The summed E-state index contributed by atoms with van der Waals surface area (Å²) < 4.78 is 16.8. The summed E-state index contributed by atoms with van der Waals surface area (Å²) >= 11 is 1.62. The third kappa shape index (κ3) is 8.60. The minimum absolute atomic E-state index is 0.0720. The molecule has 1 unspecified atom stereocenters. The Hall–Kier alpha value is -3.29. The maximum absolute atomic E-state index is 13.5. The normalized spacial score (nSPS) is 12.4. The number of esters is 1. The quantitative estimate of drug-likeness (QED) is 0.198. The molecule has 0 aliphatic carbocycles. The first-order valence-corrected chi connectivity index (χ1v) is 15.1. The molecule has 3 rings (SSSR count). The maximum atomic E-state index is 13.5. The Morgan fingerprint density at radius 1 is 0.950 bits per heavy atom. The van der Waals surface area contributed by atoms with Gasteiger partial charge in [-0.1, -0.05) is 62.2 Å². The van der Waals surface area contributed by atoms with E-state index in [9.17, 15) is 9.59 Å². The largest absolute Gasteiger partial charge is 0.497 e. The van der Waals surface area contributed by atoms with Gasteiger partial charge in [-0.05, 0) is 83.9 Å². The summed E-state index contributed by atoms with van der Waals surface area (Å²) in [5.41, 5.74) is 5.37. The smallest absolute Gasteiger partial charge is 0.328 e. The summed E-state index contributed by atoms with van der Waals surface area (Å²) in [5.74, 6) is 0.788. The molecule has 0 fully saturated rings. The van der Waals surface area contributed by atoms with Crippen LogP contribution in [0.25, 0.3) is 11.1 Å². The highest BCUT2D eigenvalue weighted by Gasteiger charge is 2.24. The Labute approximate surface area is 242 Å². The number of hydrogen-bond acceptors (Lipinski definition) is 6. The molecule has 0 radical (unpaired) electrons. The lowest BCUT2D eigenvalue weighted by molar-refractivity contribution is -0.142. The SMILES string of the molecule is CCCCC(OCc1ccc(C(=O)N[C@@H](CCSC)C(=O)OC)c(-c2ccccc2C)c1)c1cccc(OC)c1. The molecule has 3 aromatic rings. The van der Waals surface area contributed by atoms with Crippen LogP contribution in [0, 0.1) is 6.92 Å². The Morgan fingerprint density at radius 3 is 2.45 bits per heavy atom. The van der Waals surface area contributed by atoms with Gasteiger partial charge in [-0.2, -0.15) is 11.8 Å². The van der Waals surface area contributed by atoms with Crippen LogP contribution in [0.2, 0.25) is 0 Å². The molecule has 0 bridgehead atoms. The van der Waals surface area contributed by atoms with Crippen molar-refractivity contribution in [2.45, 2.75) is 58.3 Å². The van der Waals surface area contributed by atoms with Crippen molar-refractivity contribution in [2.75, 3.05) is 26.2 Å². The van der Waals surface area contributed by atoms with Crippen LogP contribution in [0.15, 0.2) is 66.7 Å². The van der Waals surface area contributed by atoms with Gasteiger partial charge in [0.15, 0.2) is 0 Å². The molecule has 1 N–H and O–H groups in total. The zero-order valence-corrected chi connectivity index (χ0v) is 25.0. The van der Waals surface area contributed by atoms with Gasteiger partial charge < -0.3 is 19.5 Å². The third-order valence-corrected chi connectivity index (χ3v) is 7.55. The van der Waals surface area contributed by atoms with E-state index in [1.165, 1.54) is 7.11 Å². The monoisotopic (exact) mass is 563 g/mol. The number of benzene rings is 3. The first kappa shape index (κ1) is 31.2. The lowest BCUT2D eigenvalue weighted by atomic mass is 9.93. The summed E-state index contributed by atoms with van der Waals surface area (Å²) in [5, 5.41) is 2.90. The molecule has 7 heteroatoms. The van der Waals surface area contributed by atoms with Gasteiger partial charge in [0, 0.05) is 5.56 Å². The average Bonchev–Trinajstić information content (AvgIpc) is 2.99. The molecule has 0 aliphatic heterocycles. The van der Waals surface area contributed by atoms with Gasteiger partial charge in [0.2, 0.25) is 0 Å². The molecule has 3 aromatic carbocycles. The number of rotatable bonds is 15. The average molecular weight is 564 g/mol. The second-order valence-corrected chi connectivity index (χ2v) is 10.7. The highest BCUT2D eigenvalue weighted by Crippen LogP contribution is 2.31. The maximum Gasteiger partial charge on any atom is 0.328 e. The number of amides is 1. The number of carbonyl (C=O) groups excluding carboxylic acids is 2. The van der Waals surface area contributed by atoms with Crippen molar-refractivity contribution in [3.63, 3.8) is 0 Å². The summed E-state index contributed by atoms with van der Waals surface area (Å²) in [6, 6.07) is 21.1. The lowest BCUT2D eigenvalue weighted by Gasteiger charge is -2.21. The molecular formula is C33H41NO5S. The fourth-order valence-electron chi connectivity index (χ4n) is 4.61. The summed E-state index contributed by atoms with van der Waals surface area (Å²) in [4.78, 5) is 25.9. The topological polar surface area (TPSA) is 73.9 Å². The fourth-order valence-corrected chi connectivity index (χ4v) is 5.09. The molecule has 40 heavy (non-hydrogen) atoms. The Bertz CT molecular complexity index is 1260. The van der Waals surface area contributed by atoms with Crippen molar-refractivity contribution >= 4 is 23.6 Å². The van der Waals surface area contributed by atoms with Gasteiger partial charge in [-0.25, -0.2) is 4.79 Å². The molecule has 0 spiro atoms. The lowest BCUT2D eigenvalue weighted by Crippen LogP contribution is -2.42. The summed E-state index contributed by atoms with van der Waals surface area (Å²) in [7, 11) is 3.01. The van der Waals surface area contributed by atoms with Crippen LogP contribution in [-0.4, -0.2) is 44.1 Å². The van der Waals surface area contributed by atoms with E-state index < -0.39 is 12.0 Å². The van der Waals surface area contributed by atoms with Crippen molar-refractivity contribution in [1.29, 1.82) is 0 Å². The Morgan fingerprint density at radius 2 is 1.75 bits per heavy atom. The van der Waals surface area contributed by atoms with E-state index in [1.807, 2.05) is 73.8 Å². The van der Waals surface area contributed by atoms with E-state index in [0.717, 1.165) is 58.6 Å². The van der Waals surface area contributed by atoms with Crippen molar-refractivity contribution in [3.8, 4) is 16.9 Å². The van der Waals surface area contributed by atoms with E-state index in [1.54, 1.807) is 18.9 Å². The van der Waals surface area contributed by atoms with Crippen LogP contribution in [0.3, 0.4) is 0 Å². The second kappa shape index (κ2) is 16.1. The summed E-state index contributed by atoms with van der Waals surface area (Å²) in [6.07, 6.45) is 5.42. The predicted octanol–water partition coefficient (Wildman–Crippen LogP) is 7.14. The fraction of sp³-hybridized carbons (Fsp3) is 0.394. The van der Waals surface area contributed by atoms with E-state index in [0.29, 0.717) is 18.6 Å². The second-order valence-electron chi connectivity index (χ2n) is 9.74. The van der Waals surface area contributed by atoms with Crippen molar-refractivity contribution < 1.29 is 23.8 Å². The molecule has 0 aliphatic rings. The van der Waals surface area contributed by atoms with Crippen LogP contribution in [0.5, 0.6) is 5.75 Å². The first-order chi connectivity index (χ1) is 19.4. The van der Waals surface area contributed by atoms with Gasteiger partial charge in [0.05, 0.1) is 26.9 Å². The van der Waals surface area contributed by atoms with Crippen molar-refractivity contribution in [2.24, 2.45) is 0 Å². The molecular weight excluding hydrogens is 522 g/mol. The predicted molar refractivity (Wildman–Crippen MR) is 163 cm³/mol. The number of hydrogen-bond donors (Lipinski definition) is 1. The minimum Gasteiger partial charge on any atom is -0.497 e. The van der Waals surface area contributed by atoms with Crippen LogP contribution in [0.1, 0.15) is 65.8 Å². The van der Waals surface area contributed by atoms with E-state index in [2.05, 4.69) is 18.3 Å². The summed E-state index contributed by atoms with van der Waals surface area (Å²) in [6.45, 7) is 4.59. The van der Waals surface area contributed by atoms with Crippen LogP contribution in [0.4, 0.5) is 0 Å². The molecule has 6 nitrogen and oxygen atoms in total. The van der Waals surface area contributed by atoms with E-state index in [4.69, 9.17) is 14.2 Å². The van der Waals surface area contributed by atoms with Gasteiger partial charge in [-0.15, -0.1) is 0 Å². The molecule has 214 valence electrons. The van der Waals surface area contributed by atoms with Crippen molar-refractivity contribution in [3.05, 3.63) is 89.0 Å². The molecule has 0 saturated carbocycles. The number of methoxy groups -OCH3 is 2.